The van der Waals surface area contributed by atoms with E-state index in [4.69, 9.17) is 0 Å². The molecule has 2 aromatic carbocycles. The van der Waals surface area contributed by atoms with Crippen LogP contribution in [0.5, 0.6) is 0 Å². The van der Waals surface area contributed by atoms with Gasteiger partial charge in [-0.15, -0.1) is 0 Å². The van der Waals surface area contributed by atoms with Crippen LogP contribution in [0.15, 0.2) is 58.4 Å². The van der Waals surface area contributed by atoms with Crippen molar-refractivity contribution in [3.05, 3.63) is 54.1 Å². The number of nitrogens with zero attached hydrogens (tertiary/aromatic N) is 1. The summed E-state index contributed by atoms with van der Waals surface area (Å²) in [5, 5.41) is 5.80. The van der Waals surface area contributed by atoms with Gasteiger partial charge < -0.3 is 10.6 Å². The average Bonchev–Trinajstić information content (AvgIpc) is 2.62. The molecule has 7 nitrogen and oxygen atoms in total. The number of anilines is 2. The minimum Gasteiger partial charge on any atom is -0.370 e. The molecule has 1 aliphatic heterocycles. The first-order chi connectivity index (χ1) is 12.4. The number of nitrogens with one attached hydrogen (secondary N) is 3. The molecule has 1 amide bonds. The van der Waals surface area contributed by atoms with Crippen LogP contribution < -0.4 is 15.4 Å². The van der Waals surface area contributed by atoms with E-state index in [2.05, 4.69) is 20.3 Å². The minimum atomic E-state index is -3.76. The van der Waals surface area contributed by atoms with Crippen molar-refractivity contribution < 1.29 is 13.2 Å². The number of amides is 1. The largest absolute Gasteiger partial charge is 0.370 e. The van der Waals surface area contributed by atoms with E-state index in [1.54, 1.807) is 24.3 Å². The van der Waals surface area contributed by atoms with E-state index in [-0.39, 0.29) is 10.8 Å². The molecule has 136 valence electrons. The van der Waals surface area contributed by atoms with Crippen LogP contribution in [0.2, 0.25) is 0 Å². The van der Waals surface area contributed by atoms with E-state index in [0.717, 1.165) is 30.9 Å². The Morgan fingerprint density at radius 3 is 2.54 bits per heavy atom. The molecular formula is C18H20N4O3S. The van der Waals surface area contributed by atoms with Crippen LogP contribution >= 0.6 is 0 Å². The molecule has 3 rings (SSSR count). The molecule has 0 spiro atoms. The van der Waals surface area contributed by atoms with Crippen LogP contribution in [-0.2, 0) is 14.8 Å². The van der Waals surface area contributed by atoms with Gasteiger partial charge in [0.25, 0.3) is 10.0 Å². The van der Waals surface area contributed by atoms with Crippen LogP contribution in [0, 0.1) is 0 Å². The normalized spacial score (nSPS) is 14.1. The summed E-state index contributed by atoms with van der Waals surface area (Å²) in [6.07, 6.45) is 1.01. The fourth-order valence-electron chi connectivity index (χ4n) is 2.58. The molecule has 26 heavy (non-hydrogen) atoms. The number of hydrogen-bond acceptors (Lipinski definition) is 5. The zero-order valence-electron chi connectivity index (χ0n) is 14.3. The average molecular weight is 372 g/mol. The molecule has 0 atom stereocenters. The lowest BCUT2D eigenvalue weighted by Crippen LogP contribution is -2.30. The molecule has 0 unspecified atom stereocenters. The SMILES string of the molecule is CC(=O)Nc1cccc(S(=O)(=O)Nc2ccc(C3=NCCCN3)cc2)c1. The van der Waals surface area contributed by atoms with E-state index in [9.17, 15) is 13.2 Å². The third-order valence-corrected chi connectivity index (χ3v) is 5.15. The molecule has 0 saturated heterocycles. The highest BCUT2D eigenvalue weighted by Crippen LogP contribution is 2.20. The van der Waals surface area contributed by atoms with Crippen molar-refractivity contribution >= 4 is 33.1 Å². The van der Waals surface area contributed by atoms with Crippen molar-refractivity contribution in [1.82, 2.24) is 5.32 Å². The maximum Gasteiger partial charge on any atom is 0.261 e. The van der Waals surface area contributed by atoms with Gasteiger partial charge in [-0.3, -0.25) is 14.5 Å². The Kier molecular flexibility index (Phi) is 5.22. The second kappa shape index (κ2) is 7.57. The van der Waals surface area contributed by atoms with Gasteiger partial charge in [0, 0.05) is 37.0 Å². The summed E-state index contributed by atoms with van der Waals surface area (Å²) in [6, 6.07) is 13.1. The first-order valence-electron chi connectivity index (χ1n) is 8.23. The lowest BCUT2D eigenvalue weighted by molar-refractivity contribution is -0.114. The summed E-state index contributed by atoms with van der Waals surface area (Å²) in [5.41, 5.74) is 1.80. The molecule has 8 heteroatoms. The number of hydrogen-bond donors (Lipinski definition) is 3. The Hall–Kier alpha value is -2.87. The van der Waals surface area contributed by atoms with Crippen molar-refractivity contribution in [2.24, 2.45) is 4.99 Å². The van der Waals surface area contributed by atoms with Gasteiger partial charge >= 0.3 is 0 Å². The van der Waals surface area contributed by atoms with Crippen LogP contribution in [0.1, 0.15) is 18.9 Å². The summed E-state index contributed by atoms with van der Waals surface area (Å²) in [6.45, 7) is 3.05. The van der Waals surface area contributed by atoms with E-state index >= 15 is 0 Å². The molecule has 1 heterocycles. The van der Waals surface area contributed by atoms with Gasteiger partial charge in [-0.25, -0.2) is 8.42 Å². The maximum atomic E-state index is 12.6. The van der Waals surface area contributed by atoms with Crippen LogP contribution in [0.3, 0.4) is 0 Å². The van der Waals surface area contributed by atoms with Gasteiger partial charge in [0.15, 0.2) is 0 Å². The zero-order chi connectivity index (χ0) is 18.6. The number of aliphatic imine (C=N–C) groups is 1. The zero-order valence-corrected chi connectivity index (χ0v) is 15.1. The highest BCUT2D eigenvalue weighted by atomic mass is 32.2. The molecule has 1 aliphatic rings. The highest BCUT2D eigenvalue weighted by Gasteiger charge is 2.15. The number of carbonyl (C=O) groups is 1. The summed E-state index contributed by atoms with van der Waals surface area (Å²) in [4.78, 5) is 15.6. The van der Waals surface area contributed by atoms with E-state index < -0.39 is 10.0 Å². The predicted octanol–water partition coefficient (Wildman–Crippen LogP) is 2.19. The smallest absolute Gasteiger partial charge is 0.261 e. The molecule has 0 fully saturated rings. The fourth-order valence-corrected chi connectivity index (χ4v) is 3.68. The maximum absolute atomic E-state index is 12.6. The molecule has 0 saturated carbocycles. The number of amidine groups is 1. The van der Waals surface area contributed by atoms with Crippen LogP contribution in [0.4, 0.5) is 11.4 Å². The standard InChI is InChI=1S/C18H20N4O3S/c1-13(23)21-16-4-2-5-17(12-16)26(24,25)22-15-8-6-14(7-9-15)18-19-10-3-11-20-18/h2,4-9,12,22H,3,10-11H2,1H3,(H,19,20)(H,21,23). The van der Waals surface area contributed by atoms with Gasteiger partial charge in [0.2, 0.25) is 5.91 Å². The highest BCUT2D eigenvalue weighted by molar-refractivity contribution is 7.92. The van der Waals surface area contributed by atoms with Crippen LogP contribution in [-0.4, -0.2) is 33.3 Å². The second-order valence-electron chi connectivity index (χ2n) is 5.90. The monoisotopic (exact) mass is 372 g/mol. The van der Waals surface area contributed by atoms with Gasteiger partial charge in [-0.2, -0.15) is 0 Å². The number of benzene rings is 2. The fraction of sp³-hybridized carbons (Fsp3) is 0.222. The lowest BCUT2D eigenvalue weighted by atomic mass is 10.1. The molecule has 0 aliphatic carbocycles. The predicted molar refractivity (Wildman–Crippen MR) is 102 cm³/mol. The van der Waals surface area contributed by atoms with Gasteiger partial charge in [0.1, 0.15) is 5.84 Å². The Bertz CT molecular complexity index is 937. The quantitative estimate of drug-likeness (QED) is 0.749. The van der Waals surface area contributed by atoms with Crippen molar-refractivity contribution in [3.63, 3.8) is 0 Å². The minimum absolute atomic E-state index is 0.0751. The summed E-state index contributed by atoms with van der Waals surface area (Å²) in [7, 11) is -3.76. The Morgan fingerprint density at radius 2 is 1.88 bits per heavy atom. The Balaban J connectivity index is 1.77. The van der Waals surface area contributed by atoms with Crippen molar-refractivity contribution in [2.45, 2.75) is 18.2 Å². The summed E-state index contributed by atoms with van der Waals surface area (Å²) >= 11 is 0. The summed E-state index contributed by atoms with van der Waals surface area (Å²) < 4.78 is 27.7. The Labute approximate surface area is 152 Å². The Morgan fingerprint density at radius 1 is 1.12 bits per heavy atom. The molecular weight excluding hydrogens is 352 g/mol. The first kappa shape index (κ1) is 17.9. The first-order valence-corrected chi connectivity index (χ1v) is 9.71. The van der Waals surface area contributed by atoms with E-state index in [1.165, 1.54) is 19.1 Å². The lowest BCUT2D eigenvalue weighted by Gasteiger charge is -2.15. The number of rotatable bonds is 5. The number of carbonyl (C=O) groups excluding carboxylic acids is 1. The molecule has 0 radical (unpaired) electrons. The van der Waals surface area contributed by atoms with Crippen molar-refractivity contribution in [2.75, 3.05) is 23.1 Å². The topological polar surface area (TPSA) is 99.7 Å². The molecule has 0 aromatic heterocycles. The van der Waals surface area contributed by atoms with Gasteiger partial charge in [-0.05, 0) is 48.9 Å². The van der Waals surface area contributed by atoms with Gasteiger partial charge in [-0.1, -0.05) is 6.07 Å². The molecule has 0 bridgehead atoms. The summed E-state index contributed by atoms with van der Waals surface area (Å²) in [5.74, 6) is 0.566. The van der Waals surface area contributed by atoms with Crippen molar-refractivity contribution in [1.29, 1.82) is 0 Å². The second-order valence-corrected chi connectivity index (χ2v) is 7.58. The van der Waals surface area contributed by atoms with Crippen molar-refractivity contribution in [3.8, 4) is 0 Å². The van der Waals surface area contributed by atoms with E-state index in [0.29, 0.717) is 11.4 Å². The van der Waals surface area contributed by atoms with Gasteiger partial charge in [0.05, 0.1) is 4.90 Å². The molecule has 3 N–H and O–H groups in total. The third kappa shape index (κ3) is 4.40. The van der Waals surface area contributed by atoms with E-state index in [1.807, 2.05) is 12.1 Å². The third-order valence-electron chi connectivity index (χ3n) is 3.77. The van der Waals surface area contributed by atoms with Crippen LogP contribution in [0.25, 0.3) is 0 Å². The number of sulfonamides is 1. The molecule has 2 aromatic rings.